The summed E-state index contributed by atoms with van der Waals surface area (Å²) < 4.78 is 6.31. The zero-order valence-corrected chi connectivity index (χ0v) is 14.7. The summed E-state index contributed by atoms with van der Waals surface area (Å²) in [5.41, 5.74) is 1.54. The van der Waals surface area contributed by atoms with Gasteiger partial charge in [0.2, 0.25) is 0 Å². The Bertz CT molecular complexity index is 972. The van der Waals surface area contributed by atoms with Gasteiger partial charge in [0.25, 0.3) is 5.69 Å². The number of carbonyl (C=O) groups excluding carboxylic acids is 1. The summed E-state index contributed by atoms with van der Waals surface area (Å²) in [7, 11) is 0. The molecule has 2 aromatic rings. The van der Waals surface area contributed by atoms with E-state index in [1.54, 1.807) is 30.3 Å². The number of non-ortho nitro benzene ring substituents is 1. The molecule has 4 rings (SSSR count). The van der Waals surface area contributed by atoms with Crippen molar-refractivity contribution in [2.75, 3.05) is 0 Å². The fourth-order valence-electron chi connectivity index (χ4n) is 4.08. The third-order valence-corrected chi connectivity index (χ3v) is 5.65. The van der Waals surface area contributed by atoms with Crippen molar-refractivity contribution >= 4 is 11.5 Å². The predicted molar refractivity (Wildman–Crippen MR) is 98.4 cm³/mol. The quantitative estimate of drug-likeness (QED) is 0.581. The summed E-state index contributed by atoms with van der Waals surface area (Å²) >= 11 is 0. The number of nitro benzene ring substituents is 1. The number of carbonyl (C=O) groups is 1. The average Bonchev–Trinajstić information content (AvgIpc) is 2.65. The first kappa shape index (κ1) is 17.2. The van der Waals surface area contributed by atoms with Crippen LogP contribution >= 0.6 is 0 Å². The number of fused-ring (bicyclic) bond motifs is 1. The first-order chi connectivity index (χ1) is 13.0. The van der Waals surface area contributed by atoms with Crippen molar-refractivity contribution in [3.8, 4) is 22.9 Å². The summed E-state index contributed by atoms with van der Waals surface area (Å²) in [6.07, 6.45) is 3.49. The first-order valence-corrected chi connectivity index (χ1v) is 9.03. The lowest BCUT2D eigenvalue weighted by atomic mass is 9.65. The van der Waals surface area contributed by atoms with E-state index in [4.69, 9.17) is 10.00 Å². The molecule has 0 N–H and O–H groups in total. The maximum atomic E-state index is 13.0. The molecule has 1 saturated carbocycles. The molecule has 1 fully saturated rings. The van der Waals surface area contributed by atoms with Crippen LogP contribution in [0.2, 0.25) is 0 Å². The zero-order chi connectivity index (χ0) is 19.0. The second-order valence-corrected chi connectivity index (χ2v) is 7.15. The van der Waals surface area contributed by atoms with Gasteiger partial charge in [-0.15, -0.1) is 0 Å². The third-order valence-electron chi connectivity index (χ3n) is 5.65. The molecule has 0 aromatic heterocycles. The van der Waals surface area contributed by atoms with Gasteiger partial charge in [0.15, 0.2) is 5.78 Å². The number of Topliss-reactive ketones (excluding diaryl/α,β-unsaturated/α-hetero) is 1. The summed E-state index contributed by atoms with van der Waals surface area (Å²) in [4.78, 5) is 23.6. The molecular formula is C21H18N2O4. The number of hydrogen-bond acceptors (Lipinski definition) is 5. The van der Waals surface area contributed by atoms with Gasteiger partial charge in [0.1, 0.15) is 11.4 Å². The van der Waals surface area contributed by atoms with Crippen LogP contribution in [0, 0.1) is 27.4 Å². The van der Waals surface area contributed by atoms with E-state index in [2.05, 4.69) is 6.07 Å². The van der Waals surface area contributed by atoms with Gasteiger partial charge in [-0.2, -0.15) is 5.26 Å². The number of ketones is 1. The van der Waals surface area contributed by atoms with Gasteiger partial charge in [-0.25, -0.2) is 0 Å². The number of nitro groups is 1. The van der Waals surface area contributed by atoms with Gasteiger partial charge in [0, 0.05) is 18.6 Å². The molecule has 1 atom stereocenters. The second kappa shape index (κ2) is 6.51. The highest BCUT2D eigenvalue weighted by Crippen LogP contribution is 2.50. The predicted octanol–water partition coefficient (Wildman–Crippen LogP) is 4.68. The number of nitriles is 1. The molecule has 1 spiro atoms. The van der Waals surface area contributed by atoms with Crippen molar-refractivity contribution in [3.05, 3.63) is 58.1 Å². The molecule has 0 bridgehead atoms. The molecule has 2 aliphatic rings. The summed E-state index contributed by atoms with van der Waals surface area (Å²) in [5, 5.41) is 19.9. The van der Waals surface area contributed by atoms with E-state index in [-0.39, 0.29) is 17.4 Å². The summed E-state index contributed by atoms with van der Waals surface area (Å²) in [5.74, 6) is 0.302. The number of ether oxygens (including phenoxy) is 1. The van der Waals surface area contributed by atoms with Crippen LogP contribution in [0.4, 0.5) is 5.69 Å². The monoisotopic (exact) mass is 362 g/mol. The molecule has 6 nitrogen and oxygen atoms in total. The molecule has 1 heterocycles. The molecular weight excluding hydrogens is 344 g/mol. The summed E-state index contributed by atoms with van der Waals surface area (Å²) in [6.45, 7) is 0. The molecule has 0 saturated heterocycles. The normalized spacial score (nSPS) is 19.5. The van der Waals surface area contributed by atoms with E-state index < -0.39 is 10.5 Å². The second-order valence-electron chi connectivity index (χ2n) is 7.15. The Morgan fingerprint density at radius 1 is 1.22 bits per heavy atom. The van der Waals surface area contributed by atoms with Crippen molar-refractivity contribution in [1.29, 1.82) is 5.26 Å². The minimum atomic E-state index is -0.498. The molecule has 0 amide bonds. The van der Waals surface area contributed by atoms with Crippen LogP contribution in [0.15, 0.2) is 42.5 Å². The standard InChI is InChI=1S/C21H18N2O4/c22-11-2-6-18-20(24)17-8-7-15(13-19(17)27-21(18)9-3-10-21)14-4-1-5-16(12-14)23(25)26/h1,4-5,7-8,12-13,18H,2-3,6,9-10H2. The van der Waals surface area contributed by atoms with Gasteiger partial charge in [-0.3, -0.25) is 14.9 Å². The number of nitrogens with zero attached hydrogens (tertiary/aromatic N) is 2. The molecule has 27 heavy (non-hydrogen) atoms. The van der Waals surface area contributed by atoms with Crippen LogP contribution in [0.1, 0.15) is 42.5 Å². The highest BCUT2D eigenvalue weighted by Gasteiger charge is 2.52. The van der Waals surface area contributed by atoms with E-state index >= 15 is 0 Å². The fourth-order valence-corrected chi connectivity index (χ4v) is 4.08. The third kappa shape index (κ3) is 2.85. The SMILES string of the molecule is N#CCCC1C(=O)c2ccc(-c3cccc([N+](=O)[O-])c3)cc2OC12CCC2. The van der Waals surface area contributed by atoms with Crippen LogP contribution in [-0.2, 0) is 0 Å². The average molecular weight is 362 g/mol. The minimum Gasteiger partial charge on any atom is -0.486 e. The lowest BCUT2D eigenvalue weighted by molar-refractivity contribution is -0.384. The van der Waals surface area contributed by atoms with E-state index in [9.17, 15) is 14.9 Å². The van der Waals surface area contributed by atoms with E-state index in [0.717, 1.165) is 24.8 Å². The van der Waals surface area contributed by atoms with Crippen LogP contribution in [-0.4, -0.2) is 16.3 Å². The first-order valence-electron chi connectivity index (χ1n) is 9.03. The maximum absolute atomic E-state index is 13.0. The highest BCUT2D eigenvalue weighted by molar-refractivity contribution is 6.02. The maximum Gasteiger partial charge on any atom is 0.270 e. The highest BCUT2D eigenvalue weighted by atomic mass is 16.6. The molecule has 6 heteroatoms. The Hall–Kier alpha value is -3.20. The molecule has 2 aromatic carbocycles. The molecule has 1 unspecified atom stereocenters. The van der Waals surface area contributed by atoms with Crippen molar-refractivity contribution in [3.63, 3.8) is 0 Å². The Morgan fingerprint density at radius 3 is 2.67 bits per heavy atom. The van der Waals surface area contributed by atoms with Gasteiger partial charge < -0.3 is 4.74 Å². The van der Waals surface area contributed by atoms with Crippen LogP contribution in [0.5, 0.6) is 5.75 Å². The smallest absolute Gasteiger partial charge is 0.270 e. The van der Waals surface area contributed by atoms with Gasteiger partial charge in [-0.05, 0) is 48.9 Å². The van der Waals surface area contributed by atoms with Gasteiger partial charge in [-0.1, -0.05) is 18.2 Å². The lowest BCUT2D eigenvalue weighted by Crippen LogP contribution is -2.55. The van der Waals surface area contributed by atoms with Crippen molar-refractivity contribution in [2.45, 2.75) is 37.7 Å². The van der Waals surface area contributed by atoms with Crippen molar-refractivity contribution < 1.29 is 14.5 Å². The van der Waals surface area contributed by atoms with E-state index in [0.29, 0.717) is 29.7 Å². The minimum absolute atomic E-state index is 0.0225. The lowest BCUT2D eigenvalue weighted by Gasteiger charge is -2.49. The Balaban J connectivity index is 1.72. The number of benzene rings is 2. The molecule has 136 valence electrons. The van der Waals surface area contributed by atoms with E-state index in [1.165, 1.54) is 12.1 Å². The molecule has 1 aliphatic carbocycles. The largest absolute Gasteiger partial charge is 0.486 e. The summed E-state index contributed by atoms with van der Waals surface area (Å²) in [6, 6.07) is 13.9. The topological polar surface area (TPSA) is 93.2 Å². The number of hydrogen-bond donors (Lipinski definition) is 0. The fraction of sp³-hybridized carbons (Fsp3) is 0.333. The van der Waals surface area contributed by atoms with Gasteiger partial charge in [0.05, 0.1) is 22.5 Å². The Morgan fingerprint density at radius 2 is 2.00 bits per heavy atom. The van der Waals surface area contributed by atoms with Crippen LogP contribution in [0.25, 0.3) is 11.1 Å². The van der Waals surface area contributed by atoms with Gasteiger partial charge >= 0.3 is 0 Å². The number of rotatable bonds is 4. The molecule has 1 aliphatic heterocycles. The zero-order valence-electron chi connectivity index (χ0n) is 14.7. The van der Waals surface area contributed by atoms with Crippen molar-refractivity contribution in [1.82, 2.24) is 0 Å². The van der Waals surface area contributed by atoms with Crippen LogP contribution in [0.3, 0.4) is 0 Å². The van der Waals surface area contributed by atoms with Crippen LogP contribution < -0.4 is 4.74 Å². The Labute approximate surface area is 156 Å². The Kier molecular flexibility index (Phi) is 4.15. The molecule has 0 radical (unpaired) electrons. The van der Waals surface area contributed by atoms with Crippen molar-refractivity contribution in [2.24, 2.45) is 5.92 Å². The van der Waals surface area contributed by atoms with E-state index in [1.807, 2.05) is 0 Å².